The predicted octanol–water partition coefficient (Wildman–Crippen LogP) is 2.45. The van der Waals surface area contributed by atoms with Crippen LogP contribution in [0.3, 0.4) is 0 Å². The summed E-state index contributed by atoms with van der Waals surface area (Å²) in [4.78, 5) is 3.90. The van der Waals surface area contributed by atoms with Crippen molar-refractivity contribution in [2.45, 2.75) is 5.88 Å². The molecule has 1 heterocycles. The lowest BCUT2D eigenvalue weighted by Crippen LogP contribution is -1.86. The van der Waals surface area contributed by atoms with E-state index in [4.69, 9.17) is 16.9 Å². The Morgan fingerprint density at radius 3 is 2.91 bits per heavy atom. The molecule has 0 aliphatic carbocycles. The molecule has 4 heteroatoms. The van der Waals surface area contributed by atoms with Gasteiger partial charge in [-0.2, -0.15) is 5.26 Å². The number of alkyl halides is 1. The molecule has 1 aromatic rings. The zero-order valence-corrected chi connectivity index (χ0v) is 7.85. The lowest BCUT2D eigenvalue weighted by Gasteiger charge is -1.95. The van der Waals surface area contributed by atoms with Crippen molar-refractivity contribution in [2.75, 3.05) is 0 Å². The highest BCUT2D eigenvalue weighted by molar-refractivity contribution is 9.10. The van der Waals surface area contributed by atoms with E-state index in [0.29, 0.717) is 16.2 Å². The SMILES string of the molecule is N#Cc1cc(CCl)cc(Br)n1. The number of aromatic nitrogens is 1. The fourth-order valence-corrected chi connectivity index (χ4v) is 1.32. The zero-order chi connectivity index (χ0) is 8.27. The molecule has 0 unspecified atom stereocenters. The van der Waals surface area contributed by atoms with E-state index in [2.05, 4.69) is 20.9 Å². The lowest BCUT2D eigenvalue weighted by atomic mass is 10.2. The molecule has 0 fully saturated rings. The van der Waals surface area contributed by atoms with E-state index in [0.717, 1.165) is 5.56 Å². The summed E-state index contributed by atoms with van der Waals surface area (Å²) >= 11 is 8.74. The van der Waals surface area contributed by atoms with Crippen LogP contribution in [0.15, 0.2) is 16.7 Å². The molecular weight excluding hydrogens is 227 g/mol. The molecular formula is C7H4BrClN2. The van der Waals surface area contributed by atoms with Gasteiger partial charge in [0.15, 0.2) is 0 Å². The Morgan fingerprint density at radius 1 is 1.64 bits per heavy atom. The minimum atomic E-state index is 0.384. The second-order valence-corrected chi connectivity index (χ2v) is 3.01. The van der Waals surface area contributed by atoms with Crippen LogP contribution in [0.4, 0.5) is 0 Å². The second kappa shape index (κ2) is 3.70. The number of nitriles is 1. The fourth-order valence-electron chi connectivity index (χ4n) is 0.684. The molecule has 2 nitrogen and oxygen atoms in total. The summed E-state index contributed by atoms with van der Waals surface area (Å²) in [6, 6.07) is 5.39. The fraction of sp³-hybridized carbons (Fsp3) is 0.143. The van der Waals surface area contributed by atoms with Crippen molar-refractivity contribution < 1.29 is 0 Å². The minimum Gasteiger partial charge on any atom is -0.230 e. The summed E-state index contributed by atoms with van der Waals surface area (Å²) in [5.41, 5.74) is 1.28. The molecule has 0 aromatic carbocycles. The first kappa shape index (κ1) is 8.51. The van der Waals surface area contributed by atoms with Crippen LogP contribution in [0.5, 0.6) is 0 Å². The van der Waals surface area contributed by atoms with Crippen LogP contribution in [-0.2, 0) is 5.88 Å². The van der Waals surface area contributed by atoms with Gasteiger partial charge in [0.1, 0.15) is 16.4 Å². The van der Waals surface area contributed by atoms with E-state index in [1.54, 1.807) is 12.1 Å². The molecule has 1 aromatic heterocycles. The summed E-state index contributed by atoms with van der Waals surface area (Å²) in [5.74, 6) is 0.399. The van der Waals surface area contributed by atoms with Crippen LogP contribution >= 0.6 is 27.5 Å². The summed E-state index contributed by atoms with van der Waals surface area (Å²) in [6.45, 7) is 0. The normalized spacial score (nSPS) is 9.18. The first-order valence-electron chi connectivity index (χ1n) is 2.89. The summed E-state index contributed by atoms with van der Waals surface area (Å²) in [7, 11) is 0. The predicted molar refractivity (Wildman–Crippen MR) is 46.2 cm³/mol. The van der Waals surface area contributed by atoms with Crippen molar-refractivity contribution in [3.05, 3.63) is 28.0 Å². The molecule has 0 aliphatic heterocycles. The quantitative estimate of drug-likeness (QED) is 0.550. The molecule has 0 aliphatic rings. The third-order valence-corrected chi connectivity index (χ3v) is 1.84. The maximum Gasteiger partial charge on any atom is 0.142 e. The molecule has 0 radical (unpaired) electrons. The largest absolute Gasteiger partial charge is 0.230 e. The van der Waals surface area contributed by atoms with Gasteiger partial charge in [0.2, 0.25) is 0 Å². The average molecular weight is 231 g/mol. The van der Waals surface area contributed by atoms with E-state index < -0.39 is 0 Å². The van der Waals surface area contributed by atoms with Gasteiger partial charge in [-0.15, -0.1) is 11.6 Å². The molecule has 0 atom stereocenters. The monoisotopic (exact) mass is 230 g/mol. The topological polar surface area (TPSA) is 36.7 Å². The van der Waals surface area contributed by atoms with E-state index in [1.165, 1.54) is 0 Å². The highest BCUT2D eigenvalue weighted by Crippen LogP contribution is 2.12. The van der Waals surface area contributed by atoms with Crippen LogP contribution in [0.25, 0.3) is 0 Å². The first-order chi connectivity index (χ1) is 5.26. The maximum absolute atomic E-state index is 8.51. The smallest absolute Gasteiger partial charge is 0.142 e. The Labute approximate surface area is 77.9 Å². The Bertz CT molecular complexity index is 306. The van der Waals surface area contributed by atoms with Crippen LogP contribution in [0, 0.1) is 11.3 Å². The van der Waals surface area contributed by atoms with Crippen molar-refractivity contribution in [3.63, 3.8) is 0 Å². The van der Waals surface area contributed by atoms with E-state index in [1.807, 2.05) is 6.07 Å². The average Bonchev–Trinajstić information content (AvgIpc) is 2.03. The Balaban J connectivity index is 3.15. The van der Waals surface area contributed by atoms with Crippen molar-refractivity contribution in [3.8, 4) is 6.07 Å². The van der Waals surface area contributed by atoms with Crippen LogP contribution in [0.1, 0.15) is 11.3 Å². The van der Waals surface area contributed by atoms with Crippen molar-refractivity contribution in [1.29, 1.82) is 5.26 Å². The van der Waals surface area contributed by atoms with Gasteiger partial charge in [-0.25, -0.2) is 4.98 Å². The van der Waals surface area contributed by atoms with E-state index >= 15 is 0 Å². The summed E-state index contributed by atoms with van der Waals surface area (Å²) in [5, 5.41) is 8.51. The third kappa shape index (κ3) is 2.18. The molecule has 11 heavy (non-hydrogen) atoms. The van der Waals surface area contributed by atoms with E-state index in [-0.39, 0.29) is 0 Å². The third-order valence-electron chi connectivity index (χ3n) is 1.12. The number of nitrogens with zero attached hydrogens (tertiary/aromatic N) is 2. The molecule has 0 spiro atoms. The first-order valence-corrected chi connectivity index (χ1v) is 4.21. The number of hydrogen-bond acceptors (Lipinski definition) is 2. The van der Waals surface area contributed by atoms with Gasteiger partial charge in [-0.05, 0) is 33.6 Å². The minimum absolute atomic E-state index is 0.384. The molecule has 0 saturated carbocycles. The van der Waals surface area contributed by atoms with E-state index in [9.17, 15) is 0 Å². The number of rotatable bonds is 1. The van der Waals surface area contributed by atoms with Crippen molar-refractivity contribution >= 4 is 27.5 Å². The van der Waals surface area contributed by atoms with Gasteiger partial charge in [0, 0.05) is 5.88 Å². The Hall–Kier alpha value is -0.590. The van der Waals surface area contributed by atoms with Crippen molar-refractivity contribution in [2.24, 2.45) is 0 Å². The molecule has 0 amide bonds. The number of halogens is 2. The van der Waals surface area contributed by atoms with Gasteiger partial charge in [-0.3, -0.25) is 0 Å². The van der Waals surface area contributed by atoms with Gasteiger partial charge >= 0.3 is 0 Å². The van der Waals surface area contributed by atoms with Gasteiger partial charge in [0.05, 0.1) is 0 Å². The van der Waals surface area contributed by atoms with Gasteiger partial charge < -0.3 is 0 Å². The van der Waals surface area contributed by atoms with Crippen LogP contribution < -0.4 is 0 Å². The Kier molecular flexibility index (Phi) is 2.86. The lowest BCUT2D eigenvalue weighted by molar-refractivity contribution is 1.18. The number of pyridine rings is 1. The molecule has 1 rings (SSSR count). The van der Waals surface area contributed by atoms with Crippen molar-refractivity contribution in [1.82, 2.24) is 4.98 Å². The molecule has 0 bridgehead atoms. The van der Waals surface area contributed by atoms with Gasteiger partial charge in [0.25, 0.3) is 0 Å². The highest BCUT2D eigenvalue weighted by atomic mass is 79.9. The molecule has 0 N–H and O–H groups in total. The second-order valence-electron chi connectivity index (χ2n) is 1.93. The number of hydrogen-bond donors (Lipinski definition) is 0. The molecule has 0 saturated heterocycles. The van der Waals surface area contributed by atoms with Crippen LogP contribution in [-0.4, -0.2) is 4.98 Å². The van der Waals surface area contributed by atoms with Gasteiger partial charge in [-0.1, -0.05) is 0 Å². The standard InChI is InChI=1S/C7H4BrClN2/c8-7-2-5(3-9)1-6(4-10)11-7/h1-2H,3H2. The maximum atomic E-state index is 8.51. The zero-order valence-electron chi connectivity index (χ0n) is 5.51. The highest BCUT2D eigenvalue weighted by Gasteiger charge is 1.98. The van der Waals surface area contributed by atoms with Crippen LogP contribution in [0.2, 0.25) is 0 Å². The summed E-state index contributed by atoms with van der Waals surface area (Å²) in [6.07, 6.45) is 0. The Morgan fingerprint density at radius 2 is 2.36 bits per heavy atom. The molecule has 56 valence electrons. The summed E-state index contributed by atoms with van der Waals surface area (Å²) < 4.78 is 0.646.